The Balaban J connectivity index is 1.95. The van der Waals surface area contributed by atoms with Gasteiger partial charge in [0.1, 0.15) is 6.04 Å². The van der Waals surface area contributed by atoms with Crippen molar-refractivity contribution in [2.24, 2.45) is 11.7 Å². The maximum absolute atomic E-state index is 12.5. The van der Waals surface area contributed by atoms with Gasteiger partial charge in [-0.05, 0) is 29.2 Å². The first-order chi connectivity index (χ1) is 12.9. The average molecular weight is 367 g/mol. The monoisotopic (exact) mass is 367 g/mol. The molecule has 0 radical (unpaired) electrons. The van der Waals surface area contributed by atoms with Crippen molar-refractivity contribution in [2.75, 3.05) is 0 Å². The van der Waals surface area contributed by atoms with Gasteiger partial charge in [-0.3, -0.25) is 14.4 Å². The first-order valence-electron chi connectivity index (χ1n) is 8.86. The zero-order valence-electron chi connectivity index (χ0n) is 15.6. The fourth-order valence-corrected chi connectivity index (χ4v) is 2.67. The molecule has 0 saturated carbocycles. The molecule has 2 rings (SSSR count). The van der Waals surface area contributed by atoms with Crippen LogP contribution in [0.1, 0.15) is 35.3 Å². The fraction of sp³-hybridized carbons (Fsp3) is 0.286. The van der Waals surface area contributed by atoms with Crippen LogP contribution in [0, 0.1) is 5.92 Å². The van der Waals surface area contributed by atoms with E-state index in [-0.39, 0.29) is 30.7 Å². The molecule has 0 aromatic heterocycles. The van der Waals surface area contributed by atoms with E-state index in [4.69, 9.17) is 5.73 Å². The molecule has 0 spiro atoms. The smallest absolute Gasteiger partial charge is 0.248 e. The second kappa shape index (κ2) is 9.52. The van der Waals surface area contributed by atoms with E-state index in [1.165, 1.54) is 0 Å². The van der Waals surface area contributed by atoms with Gasteiger partial charge in [-0.15, -0.1) is 0 Å². The van der Waals surface area contributed by atoms with Gasteiger partial charge in [0.15, 0.2) is 0 Å². The Morgan fingerprint density at radius 2 is 1.63 bits per heavy atom. The number of primary amides is 1. The van der Waals surface area contributed by atoms with E-state index in [2.05, 4.69) is 10.6 Å². The number of hydrogen-bond acceptors (Lipinski definition) is 3. The zero-order chi connectivity index (χ0) is 19.8. The van der Waals surface area contributed by atoms with Crippen molar-refractivity contribution < 1.29 is 14.4 Å². The summed E-state index contributed by atoms with van der Waals surface area (Å²) in [7, 11) is 0. The summed E-state index contributed by atoms with van der Waals surface area (Å²) in [5.41, 5.74) is 7.31. The van der Waals surface area contributed by atoms with Gasteiger partial charge in [-0.2, -0.15) is 0 Å². The van der Waals surface area contributed by atoms with Crippen molar-refractivity contribution in [3.8, 4) is 0 Å². The van der Waals surface area contributed by atoms with Crippen LogP contribution in [0.2, 0.25) is 0 Å². The first kappa shape index (κ1) is 20.2. The highest BCUT2D eigenvalue weighted by molar-refractivity contribution is 5.93. The molecule has 0 saturated heterocycles. The van der Waals surface area contributed by atoms with E-state index in [0.717, 1.165) is 11.1 Å². The maximum atomic E-state index is 12.5. The van der Waals surface area contributed by atoms with Gasteiger partial charge in [0.2, 0.25) is 17.7 Å². The Hall–Kier alpha value is -3.15. The van der Waals surface area contributed by atoms with Crippen molar-refractivity contribution in [1.82, 2.24) is 10.6 Å². The SMILES string of the molecule is CC(C)C(NC(=O)Cc1ccccc1)C(=O)NCc1cccc(C(N)=O)c1. The lowest BCUT2D eigenvalue weighted by Gasteiger charge is -2.22. The minimum atomic E-state index is -0.638. The molecular formula is C21H25N3O3. The summed E-state index contributed by atoms with van der Waals surface area (Å²) >= 11 is 0. The average Bonchev–Trinajstić information content (AvgIpc) is 2.65. The molecule has 0 aliphatic rings. The number of nitrogens with two attached hydrogens (primary N) is 1. The second-order valence-corrected chi connectivity index (χ2v) is 6.73. The molecule has 6 heteroatoms. The predicted molar refractivity (Wildman–Crippen MR) is 104 cm³/mol. The number of carbonyl (C=O) groups is 3. The standard InChI is InChI=1S/C21H25N3O3/c1-14(2)19(24-18(25)12-15-7-4-3-5-8-15)21(27)23-13-16-9-6-10-17(11-16)20(22)26/h3-11,14,19H,12-13H2,1-2H3,(H2,22,26)(H,23,27)(H,24,25). The number of rotatable bonds is 8. The third-order valence-electron chi connectivity index (χ3n) is 4.15. The van der Waals surface area contributed by atoms with Crippen LogP contribution in [0.25, 0.3) is 0 Å². The van der Waals surface area contributed by atoms with Crippen LogP contribution >= 0.6 is 0 Å². The van der Waals surface area contributed by atoms with Crippen molar-refractivity contribution in [3.63, 3.8) is 0 Å². The van der Waals surface area contributed by atoms with Gasteiger partial charge in [0.25, 0.3) is 0 Å². The lowest BCUT2D eigenvalue weighted by Crippen LogP contribution is -2.49. The molecule has 3 amide bonds. The van der Waals surface area contributed by atoms with Crippen LogP contribution < -0.4 is 16.4 Å². The number of amides is 3. The Bertz CT molecular complexity index is 803. The molecule has 6 nitrogen and oxygen atoms in total. The van der Waals surface area contributed by atoms with Crippen molar-refractivity contribution in [3.05, 3.63) is 71.3 Å². The van der Waals surface area contributed by atoms with E-state index in [1.54, 1.807) is 24.3 Å². The molecule has 27 heavy (non-hydrogen) atoms. The van der Waals surface area contributed by atoms with Gasteiger partial charge in [-0.25, -0.2) is 0 Å². The Morgan fingerprint density at radius 3 is 2.26 bits per heavy atom. The number of benzene rings is 2. The largest absolute Gasteiger partial charge is 0.366 e. The molecule has 0 aliphatic carbocycles. The molecule has 0 heterocycles. The number of nitrogens with one attached hydrogen (secondary N) is 2. The lowest BCUT2D eigenvalue weighted by molar-refractivity contribution is -0.129. The maximum Gasteiger partial charge on any atom is 0.248 e. The van der Waals surface area contributed by atoms with E-state index in [0.29, 0.717) is 5.56 Å². The fourth-order valence-electron chi connectivity index (χ4n) is 2.67. The first-order valence-corrected chi connectivity index (χ1v) is 8.86. The molecule has 2 aromatic rings. The summed E-state index contributed by atoms with van der Waals surface area (Å²) in [4.78, 5) is 36.1. The molecule has 2 aromatic carbocycles. The topological polar surface area (TPSA) is 101 Å². The summed E-state index contributed by atoms with van der Waals surface area (Å²) < 4.78 is 0. The summed E-state index contributed by atoms with van der Waals surface area (Å²) in [5.74, 6) is -1.06. The highest BCUT2D eigenvalue weighted by Gasteiger charge is 2.24. The number of hydrogen-bond donors (Lipinski definition) is 3. The summed E-state index contributed by atoms with van der Waals surface area (Å²) in [6.07, 6.45) is 0.220. The van der Waals surface area contributed by atoms with E-state index >= 15 is 0 Å². The quantitative estimate of drug-likeness (QED) is 0.663. The second-order valence-electron chi connectivity index (χ2n) is 6.73. The molecule has 0 bridgehead atoms. The van der Waals surface area contributed by atoms with Crippen LogP contribution in [0.3, 0.4) is 0 Å². The lowest BCUT2D eigenvalue weighted by atomic mass is 10.0. The molecule has 0 aliphatic heterocycles. The molecule has 1 unspecified atom stereocenters. The normalized spacial score (nSPS) is 11.7. The van der Waals surface area contributed by atoms with Crippen LogP contribution in [-0.2, 0) is 22.6 Å². The van der Waals surface area contributed by atoms with Crippen LogP contribution in [0.4, 0.5) is 0 Å². The zero-order valence-corrected chi connectivity index (χ0v) is 15.6. The highest BCUT2D eigenvalue weighted by atomic mass is 16.2. The Labute approximate surface area is 159 Å². The molecule has 1 atom stereocenters. The molecular weight excluding hydrogens is 342 g/mol. The van der Waals surface area contributed by atoms with Gasteiger partial charge in [0, 0.05) is 12.1 Å². The molecule has 142 valence electrons. The third kappa shape index (κ3) is 6.26. The Morgan fingerprint density at radius 1 is 0.963 bits per heavy atom. The minimum absolute atomic E-state index is 0.0679. The van der Waals surface area contributed by atoms with E-state index in [1.807, 2.05) is 44.2 Å². The predicted octanol–water partition coefficient (Wildman–Crippen LogP) is 1.79. The summed E-state index contributed by atoms with van der Waals surface area (Å²) in [5, 5.41) is 5.62. The third-order valence-corrected chi connectivity index (χ3v) is 4.15. The van der Waals surface area contributed by atoms with E-state index < -0.39 is 11.9 Å². The van der Waals surface area contributed by atoms with Gasteiger partial charge in [-0.1, -0.05) is 56.3 Å². The highest BCUT2D eigenvalue weighted by Crippen LogP contribution is 2.07. The molecule has 4 N–H and O–H groups in total. The Kier molecular flexibility index (Phi) is 7.11. The number of carbonyl (C=O) groups excluding carboxylic acids is 3. The van der Waals surface area contributed by atoms with Gasteiger partial charge < -0.3 is 16.4 Å². The van der Waals surface area contributed by atoms with Crippen molar-refractivity contribution in [2.45, 2.75) is 32.9 Å². The van der Waals surface area contributed by atoms with E-state index in [9.17, 15) is 14.4 Å². The van der Waals surface area contributed by atoms with Crippen LogP contribution in [0.15, 0.2) is 54.6 Å². The van der Waals surface area contributed by atoms with Crippen LogP contribution in [0.5, 0.6) is 0 Å². The van der Waals surface area contributed by atoms with Crippen LogP contribution in [-0.4, -0.2) is 23.8 Å². The molecule has 0 fully saturated rings. The summed E-state index contributed by atoms with van der Waals surface area (Å²) in [6.45, 7) is 4.00. The van der Waals surface area contributed by atoms with Gasteiger partial charge in [0.05, 0.1) is 6.42 Å². The summed E-state index contributed by atoms with van der Waals surface area (Å²) in [6, 6.07) is 15.5. The van der Waals surface area contributed by atoms with Gasteiger partial charge >= 0.3 is 0 Å². The minimum Gasteiger partial charge on any atom is -0.366 e. The van der Waals surface area contributed by atoms with Crippen molar-refractivity contribution in [1.29, 1.82) is 0 Å². The van der Waals surface area contributed by atoms with Crippen molar-refractivity contribution >= 4 is 17.7 Å².